The van der Waals surface area contributed by atoms with Crippen molar-refractivity contribution in [2.45, 2.75) is 6.92 Å². The lowest BCUT2D eigenvalue weighted by Crippen LogP contribution is -2.44. The van der Waals surface area contributed by atoms with Crippen LogP contribution in [0.2, 0.25) is 0 Å². The topological polar surface area (TPSA) is 104 Å². The quantitative estimate of drug-likeness (QED) is 0.513. The van der Waals surface area contributed by atoms with Gasteiger partial charge in [-0.05, 0) is 0 Å². The van der Waals surface area contributed by atoms with Gasteiger partial charge in [0.15, 0.2) is 0 Å². The molecule has 0 aliphatic heterocycles. The van der Waals surface area contributed by atoms with Gasteiger partial charge in [0.25, 0.3) is 0 Å². The first kappa shape index (κ1) is 14.4. The zero-order valence-corrected chi connectivity index (χ0v) is 9.49. The van der Waals surface area contributed by atoms with Crippen molar-refractivity contribution in [3.8, 4) is 0 Å². The van der Waals surface area contributed by atoms with E-state index in [1.54, 1.807) is 0 Å². The Balaban J connectivity index is 4.30. The number of nitrogens with one attached hydrogen (secondary N) is 1. The zero-order valence-electron chi connectivity index (χ0n) is 8.60. The normalized spacial score (nSPS) is 9.38. The maximum absolute atomic E-state index is 11.2. The van der Waals surface area contributed by atoms with E-state index in [0.717, 1.165) is 6.92 Å². The molecule has 0 heterocycles. The lowest BCUT2D eigenvalue weighted by atomic mass is 10.4. The average molecular weight is 248 g/mol. The van der Waals surface area contributed by atoms with Crippen molar-refractivity contribution in [3.05, 3.63) is 0 Å². The molecular formula is C8H12N2O5S. The van der Waals surface area contributed by atoms with Gasteiger partial charge >= 0.3 is 5.97 Å². The Bertz CT molecular complexity index is 318. The third-order valence-corrected chi connectivity index (χ3v) is 1.83. The number of nitrogens with zero attached hydrogens (tertiary/aromatic N) is 1. The summed E-state index contributed by atoms with van der Waals surface area (Å²) in [5.41, 5.74) is 0. The number of carboxylic acid groups (broad SMARTS) is 1. The van der Waals surface area contributed by atoms with Crippen molar-refractivity contribution in [1.29, 1.82) is 0 Å². The van der Waals surface area contributed by atoms with Crippen LogP contribution < -0.4 is 5.32 Å². The largest absolute Gasteiger partial charge is 0.480 e. The van der Waals surface area contributed by atoms with Crippen LogP contribution in [0.1, 0.15) is 6.92 Å². The molecule has 0 unspecified atom stereocenters. The molecule has 0 aromatic carbocycles. The van der Waals surface area contributed by atoms with Gasteiger partial charge in [-0.15, -0.1) is 0 Å². The van der Waals surface area contributed by atoms with Gasteiger partial charge in [0.05, 0.1) is 5.75 Å². The summed E-state index contributed by atoms with van der Waals surface area (Å²) in [6.07, 6.45) is 0. The van der Waals surface area contributed by atoms with E-state index in [4.69, 9.17) is 5.11 Å². The van der Waals surface area contributed by atoms with Gasteiger partial charge in [-0.3, -0.25) is 24.1 Å². The summed E-state index contributed by atoms with van der Waals surface area (Å²) in [6, 6.07) is 0. The average Bonchev–Trinajstić information content (AvgIpc) is 2.21. The summed E-state index contributed by atoms with van der Waals surface area (Å²) in [5.74, 6) is -3.33. The molecule has 0 aromatic rings. The van der Waals surface area contributed by atoms with Gasteiger partial charge in [0, 0.05) is 6.92 Å². The molecule has 0 atom stereocenters. The lowest BCUT2D eigenvalue weighted by Gasteiger charge is -2.17. The van der Waals surface area contributed by atoms with Gasteiger partial charge in [0.2, 0.25) is 17.7 Å². The number of hydrogen-bond donors (Lipinski definition) is 3. The number of thiol groups is 1. The van der Waals surface area contributed by atoms with Crippen molar-refractivity contribution in [2.75, 3.05) is 18.8 Å². The van der Waals surface area contributed by atoms with E-state index in [0.29, 0.717) is 4.90 Å². The Morgan fingerprint density at radius 2 is 1.88 bits per heavy atom. The SMILES string of the molecule is CC(=O)N(CC(=O)NCC(=O)O)C(=O)CS. The van der Waals surface area contributed by atoms with E-state index in [9.17, 15) is 19.2 Å². The third-order valence-electron chi connectivity index (χ3n) is 1.55. The van der Waals surface area contributed by atoms with Gasteiger partial charge in [0.1, 0.15) is 13.1 Å². The fourth-order valence-electron chi connectivity index (χ4n) is 0.834. The second-order valence-corrected chi connectivity index (χ2v) is 3.14. The fraction of sp³-hybridized carbons (Fsp3) is 0.500. The summed E-state index contributed by atoms with van der Waals surface area (Å²) in [6.45, 7) is 0.0768. The van der Waals surface area contributed by atoms with Crippen LogP contribution in [0.15, 0.2) is 0 Å². The molecule has 0 aromatic heterocycles. The van der Waals surface area contributed by atoms with E-state index >= 15 is 0 Å². The van der Waals surface area contributed by atoms with Crippen molar-refractivity contribution in [2.24, 2.45) is 0 Å². The molecule has 0 saturated heterocycles. The number of carbonyl (C=O) groups excluding carboxylic acids is 3. The number of rotatable bonds is 5. The highest BCUT2D eigenvalue weighted by Crippen LogP contribution is 1.93. The van der Waals surface area contributed by atoms with Crippen molar-refractivity contribution < 1.29 is 24.3 Å². The molecule has 2 N–H and O–H groups in total. The first-order valence-corrected chi connectivity index (χ1v) is 4.92. The van der Waals surface area contributed by atoms with Gasteiger partial charge < -0.3 is 10.4 Å². The van der Waals surface area contributed by atoms with Crippen molar-refractivity contribution in [3.63, 3.8) is 0 Å². The monoisotopic (exact) mass is 248 g/mol. The van der Waals surface area contributed by atoms with Crippen LogP contribution in [0, 0.1) is 0 Å². The predicted octanol–water partition coefficient (Wildman–Crippen LogP) is -1.51. The second-order valence-electron chi connectivity index (χ2n) is 2.83. The minimum atomic E-state index is -1.21. The smallest absolute Gasteiger partial charge is 0.322 e. The number of carbonyl (C=O) groups is 4. The molecule has 0 rings (SSSR count). The minimum Gasteiger partial charge on any atom is -0.480 e. The first-order chi connectivity index (χ1) is 7.38. The Morgan fingerprint density at radius 1 is 1.31 bits per heavy atom. The molecule has 0 fully saturated rings. The number of amides is 3. The highest BCUT2D eigenvalue weighted by atomic mass is 32.1. The van der Waals surface area contributed by atoms with Crippen LogP contribution in [0.4, 0.5) is 0 Å². The maximum atomic E-state index is 11.2. The third kappa shape index (κ3) is 5.35. The molecule has 0 saturated carbocycles. The molecule has 16 heavy (non-hydrogen) atoms. The first-order valence-electron chi connectivity index (χ1n) is 4.28. The summed E-state index contributed by atoms with van der Waals surface area (Å²) in [5, 5.41) is 10.3. The van der Waals surface area contributed by atoms with E-state index < -0.39 is 36.8 Å². The summed E-state index contributed by atoms with van der Waals surface area (Å²) < 4.78 is 0. The zero-order chi connectivity index (χ0) is 12.7. The predicted molar refractivity (Wildman–Crippen MR) is 56.9 cm³/mol. The van der Waals surface area contributed by atoms with E-state index in [-0.39, 0.29) is 5.75 Å². The van der Waals surface area contributed by atoms with Crippen LogP contribution in [0.5, 0.6) is 0 Å². The number of carboxylic acids is 1. The molecule has 0 aliphatic rings. The summed E-state index contributed by atoms with van der Waals surface area (Å²) in [4.78, 5) is 44.1. The van der Waals surface area contributed by atoms with Gasteiger partial charge in [-0.25, -0.2) is 0 Å². The van der Waals surface area contributed by atoms with E-state index in [1.807, 2.05) is 5.32 Å². The number of imide groups is 1. The number of hydrogen-bond acceptors (Lipinski definition) is 5. The fourth-order valence-corrected chi connectivity index (χ4v) is 1.00. The molecular weight excluding hydrogens is 236 g/mol. The molecule has 0 bridgehead atoms. The lowest BCUT2D eigenvalue weighted by molar-refractivity contribution is -0.145. The molecule has 8 heteroatoms. The summed E-state index contributed by atoms with van der Waals surface area (Å²) in [7, 11) is 0. The maximum Gasteiger partial charge on any atom is 0.322 e. The molecule has 0 aliphatic carbocycles. The molecule has 0 spiro atoms. The Hall–Kier alpha value is -1.57. The van der Waals surface area contributed by atoms with Crippen LogP contribution in [0.25, 0.3) is 0 Å². The van der Waals surface area contributed by atoms with Crippen LogP contribution in [-0.4, -0.2) is 52.5 Å². The Kier molecular flexibility index (Phi) is 6.16. The van der Waals surface area contributed by atoms with Gasteiger partial charge in [-0.1, -0.05) is 0 Å². The van der Waals surface area contributed by atoms with Gasteiger partial charge in [-0.2, -0.15) is 12.6 Å². The molecule has 90 valence electrons. The minimum absolute atomic E-state index is 0.203. The van der Waals surface area contributed by atoms with Crippen molar-refractivity contribution in [1.82, 2.24) is 10.2 Å². The second kappa shape index (κ2) is 6.83. The van der Waals surface area contributed by atoms with Crippen molar-refractivity contribution >= 4 is 36.3 Å². The Labute approximate surface area is 97.2 Å². The summed E-state index contributed by atoms with van der Waals surface area (Å²) >= 11 is 3.69. The Morgan fingerprint density at radius 3 is 2.25 bits per heavy atom. The number of aliphatic carboxylic acids is 1. The molecule has 3 amide bonds. The highest BCUT2D eigenvalue weighted by molar-refractivity contribution is 7.81. The molecule has 0 radical (unpaired) electrons. The van der Waals surface area contributed by atoms with Crippen LogP contribution >= 0.6 is 12.6 Å². The standard InChI is InChI=1S/C8H12N2O5S/c1-5(11)10(7(13)4-16)3-6(12)9-2-8(14)15/h16H,2-4H2,1H3,(H,9,12)(H,14,15). The van der Waals surface area contributed by atoms with E-state index in [2.05, 4.69) is 12.6 Å². The van der Waals surface area contributed by atoms with E-state index in [1.165, 1.54) is 0 Å². The van der Waals surface area contributed by atoms with Crippen LogP contribution in [0.3, 0.4) is 0 Å². The highest BCUT2D eigenvalue weighted by Gasteiger charge is 2.19. The molecule has 7 nitrogen and oxygen atoms in total. The van der Waals surface area contributed by atoms with Crippen LogP contribution in [-0.2, 0) is 19.2 Å².